The Morgan fingerprint density at radius 3 is 2.21 bits per heavy atom. The van der Waals surface area contributed by atoms with Gasteiger partial charge in [-0.15, -0.1) is 0 Å². The molecule has 2 N–H and O–H groups in total. The van der Waals surface area contributed by atoms with E-state index in [0.717, 1.165) is 26.7 Å². The quantitative estimate of drug-likeness (QED) is 0.550. The van der Waals surface area contributed by atoms with Crippen LogP contribution in [-0.4, -0.2) is 18.4 Å². The third-order valence-corrected chi connectivity index (χ3v) is 4.76. The lowest BCUT2D eigenvalue weighted by atomic mass is 10.0. The number of rotatable bonds is 6. The molecule has 0 radical (unpaired) electrons. The molecule has 2 amide bonds. The van der Waals surface area contributed by atoms with Crippen LogP contribution in [0.1, 0.15) is 11.1 Å². The van der Waals surface area contributed by atoms with Gasteiger partial charge in [-0.1, -0.05) is 70.5 Å². The monoisotopic (exact) mass is 452 g/mol. The van der Waals surface area contributed by atoms with E-state index in [9.17, 15) is 9.59 Å². The Balaban J connectivity index is 1.44. The van der Waals surface area contributed by atoms with E-state index in [1.807, 2.05) is 73.7 Å². The van der Waals surface area contributed by atoms with E-state index < -0.39 is 5.91 Å². The average Bonchev–Trinajstić information content (AvgIpc) is 2.73. The van der Waals surface area contributed by atoms with Crippen LogP contribution in [0.3, 0.4) is 0 Å². The number of carbonyl (C=O) groups excluding carboxylic acids is 2. The molecule has 29 heavy (non-hydrogen) atoms. The summed E-state index contributed by atoms with van der Waals surface area (Å²) in [6.45, 7) is 1.71. The summed E-state index contributed by atoms with van der Waals surface area (Å²) in [7, 11) is 0. The van der Waals surface area contributed by atoms with Gasteiger partial charge in [-0.2, -0.15) is 0 Å². The predicted molar refractivity (Wildman–Crippen MR) is 116 cm³/mol. The van der Waals surface area contributed by atoms with Crippen LogP contribution in [0.5, 0.6) is 5.75 Å². The van der Waals surface area contributed by atoms with E-state index in [1.54, 1.807) is 6.07 Å². The molecule has 3 rings (SSSR count). The highest BCUT2D eigenvalue weighted by molar-refractivity contribution is 9.10. The van der Waals surface area contributed by atoms with Gasteiger partial charge >= 0.3 is 0 Å². The minimum atomic E-state index is -0.430. The number of hydrazine groups is 1. The van der Waals surface area contributed by atoms with Crippen molar-refractivity contribution < 1.29 is 14.3 Å². The van der Waals surface area contributed by atoms with Gasteiger partial charge in [-0.3, -0.25) is 20.4 Å². The number of carbonyl (C=O) groups is 2. The molecule has 0 saturated heterocycles. The van der Waals surface area contributed by atoms with Gasteiger partial charge < -0.3 is 4.74 Å². The summed E-state index contributed by atoms with van der Waals surface area (Å²) < 4.78 is 6.42. The fraction of sp³-hybridized carbons (Fsp3) is 0.130. The number of nitrogens with one attached hydrogen (secondary N) is 2. The van der Waals surface area contributed by atoms with Crippen molar-refractivity contribution in [2.75, 3.05) is 6.61 Å². The van der Waals surface area contributed by atoms with Crippen molar-refractivity contribution in [3.8, 4) is 16.9 Å². The van der Waals surface area contributed by atoms with E-state index in [2.05, 4.69) is 26.8 Å². The number of hydrogen-bond acceptors (Lipinski definition) is 3. The first-order valence-corrected chi connectivity index (χ1v) is 9.91. The van der Waals surface area contributed by atoms with Crippen molar-refractivity contribution in [2.45, 2.75) is 13.3 Å². The first-order valence-electron chi connectivity index (χ1n) is 9.12. The van der Waals surface area contributed by atoms with Gasteiger partial charge in [0, 0.05) is 4.47 Å². The number of halogens is 1. The van der Waals surface area contributed by atoms with Crippen molar-refractivity contribution in [3.05, 3.63) is 88.4 Å². The fourth-order valence-electron chi connectivity index (χ4n) is 2.77. The summed E-state index contributed by atoms with van der Waals surface area (Å²) in [5, 5.41) is 0. The van der Waals surface area contributed by atoms with Crippen LogP contribution >= 0.6 is 15.9 Å². The fourth-order valence-corrected chi connectivity index (χ4v) is 3.24. The normalized spacial score (nSPS) is 10.3. The van der Waals surface area contributed by atoms with Crippen LogP contribution < -0.4 is 15.6 Å². The SMILES string of the molecule is Cc1cc(Br)ccc1OCC(=O)NNC(=O)Cc1ccc(-c2ccccc2)cc1. The van der Waals surface area contributed by atoms with Gasteiger partial charge in [-0.25, -0.2) is 0 Å². The second kappa shape index (κ2) is 9.89. The minimum Gasteiger partial charge on any atom is -0.483 e. The zero-order chi connectivity index (χ0) is 20.6. The van der Waals surface area contributed by atoms with Gasteiger partial charge in [0.05, 0.1) is 6.42 Å². The zero-order valence-corrected chi connectivity index (χ0v) is 17.5. The summed E-state index contributed by atoms with van der Waals surface area (Å²) in [5.41, 5.74) is 8.76. The molecule has 0 aliphatic rings. The molecule has 3 aromatic rings. The van der Waals surface area contributed by atoms with Crippen LogP contribution in [0.25, 0.3) is 11.1 Å². The van der Waals surface area contributed by atoms with Crippen LogP contribution in [0, 0.1) is 6.92 Å². The summed E-state index contributed by atoms with van der Waals surface area (Å²) in [5.74, 6) is -0.112. The van der Waals surface area contributed by atoms with Gasteiger partial charge in [0.1, 0.15) is 5.75 Å². The summed E-state index contributed by atoms with van der Waals surface area (Å²) in [6.07, 6.45) is 0.169. The lowest BCUT2D eigenvalue weighted by molar-refractivity contribution is -0.129. The highest BCUT2D eigenvalue weighted by Gasteiger charge is 2.08. The highest BCUT2D eigenvalue weighted by atomic mass is 79.9. The van der Waals surface area contributed by atoms with Crippen molar-refractivity contribution >= 4 is 27.7 Å². The molecule has 0 fully saturated rings. The van der Waals surface area contributed by atoms with Crippen molar-refractivity contribution in [1.82, 2.24) is 10.9 Å². The number of aryl methyl sites for hydroxylation is 1. The van der Waals surface area contributed by atoms with E-state index in [1.165, 1.54) is 0 Å². The number of benzene rings is 3. The van der Waals surface area contributed by atoms with E-state index in [0.29, 0.717) is 5.75 Å². The maximum Gasteiger partial charge on any atom is 0.276 e. The molecule has 0 saturated carbocycles. The van der Waals surface area contributed by atoms with Gasteiger partial charge in [-0.05, 0) is 47.4 Å². The first-order chi connectivity index (χ1) is 14.0. The maximum atomic E-state index is 12.1. The lowest BCUT2D eigenvalue weighted by Gasteiger charge is -2.11. The van der Waals surface area contributed by atoms with Gasteiger partial charge in [0.2, 0.25) is 5.91 Å². The number of amides is 2. The van der Waals surface area contributed by atoms with E-state index >= 15 is 0 Å². The Kier molecular flexibility index (Phi) is 7.03. The van der Waals surface area contributed by atoms with Crippen LogP contribution in [0.15, 0.2) is 77.3 Å². The molecule has 0 aromatic heterocycles. The summed E-state index contributed by atoms with van der Waals surface area (Å²) in [6, 6.07) is 23.3. The topological polar surface area (TPSA) is 67.4 Å². The largest absolute Gasteiger partial charge is 0.483 e. The molecular formula is C23H21BrN2O3. The Morgan fingerprint density at radius 2 is 1.52 bits per heavy atom. The standard InChI is InChI=1S/C23H21BrN2O3/c1-16-13-20(24)11-12-21(16)29-15-23(28)26-25-22(27)14-17-7-9-19(10-8-17)18-5-3-2-4-6-18/h2-13H,14-15H2,1H3,(H,25,27)(H,26,28). The average molecular weight is 453 g/mol. The summed E-state index contributed by atoms with van der Waals surface area (Å²) >= 11 is 3.38. The second-order valence-electron chi connectivity index (χ2n) is 6.53. The second-order valence-corrected chi connectivity index (χ2v) is 7.45. The van der Waals surface area contributed by atoms with Crippen molar-refractivity contribution in [1.29, 1.82) is 0 Å². The molecule has 0 spiro atoms. The Bertz CT molecular complexity index is 989. The van der Waals surface area contributed by atoms with Crippen molar-refractivity contribution in [3.63, 3.8) is 0 Å². The molecule has 0 bridgehead atoms. The molecule has 0 unspecified atom stereocenters. The summed E-state index contributed by atoms with van der Waals surface area (Å²) in [4.78, 5) is 24.0. The molecule has 148 valence electrons. The van der Waals surface area contributed by atoms with Crippen molar-refractivity contribution in [2.24, 2.45) is 0 Å². The van der Waals surface area contributed by atoms with Crippen LogP contribution in [0.4, 0.5) is 0 Å². The van der Waals surface area contributed by atoms with Crippen LogP contribution in [0.2, 0.25) is 0 Å². The predicted octanol–water partition coefficient (Wildman–Crippen LogP) is 4.19. The van der Waals surface area contributed by atoms with E-state index in [4.69, 9.17) is 4.74 Å². The molecule has 0 heterocycles. The number of ether oxygens (including phenoxy) is 1. The zero-order valence-electron chi connectivity index (χ0n) is 15.9. The molecule has 6 heteroatoms. The lowest BCUT2D eigenvalue weighted by Crippen LogP contribution is -2.44. The molecule has 3 aromatic carbocycles. The third-order valence-electron chi connectivity index (χ3n) is 4.26. The highest BCUT2D eigenvalue weighted by Crippen LogP contribution is 2.22. The Labute approximate surface area is 178 Å². The van der Waals surface area contributed by atoms with Crippen LogP contribution in [-0.2, 0) is 16.0 Å². The number of hydrogen-bond donors (Lipinski definition) is 2. The minimum absolute atomic E-state index is 0.169. The molecule has 0 atom stereocenters. The van der Waals surface area contributed by atoms with Gasteiger partial charge in [0.15, 0.2) is 6.61 Å². The Morgan fingerprint density at radius 1 is 0.862 bits per heavy atom. The van der Waals surface area contributed by atoms with Gasteiger partial charge in [0.25, 0.3) is 5.91 Å². The molecule has 0 aliphatic carbocycles. The first kappa shape index (κ1) is 20.6. The molecular weight excluding hydrogens is 432 g/mol. The third kappa shape index (κ3) is 6.19. The Hall–Kier alpha value is -3.12. The molecule has 0 aliphatic heterocycles. The maximum absolute atomic E-state index is 12.1. The smallest absolute Gasteiger partial charge is 0.276 e. The molecule has 5 nitrogen and oxygen atoms in total. The van der Waals surface area contributed by atoms with E-state index in [-0.39, 0.29) is 18.9 Å².